The molecular formula is C52H77ClN2O7. The van der Waals surface area contributed by atoms with Crippen LogP contribution in [-0.2, 0) is 30.4 Å². The molecule has 0 spiro atoms. The lowest BCUT2D eigenvalue weighted by Crippen LogP contribution is -2.66. The summed E-state index contributed by atoms with van der Waals surface area (Å²) >= 11 is 6.46. The number of nitrogens with one attached hydrogen (secondary N) is 1. The lowest BCUT2D eigenvalue weighted by atomic mass is 9.33. The minimum Gasteiger partial charge on any atom is -0.492 e. The Kier molecular flexibility index (Phi) is 12.5. The van der Waals surface area contributed by atoms with Crippen molar-refractivity contribution < 1.29 is 33.7 Å². The van der Waals surface area contributed by atoms with Gasteiger partial charge in [-0.25, -0.2) is 0 Å². The predicted molar refractivity (Wildman–Crippen MR) is 243 cm³/mol. The number of carboxylic acids is 1. The van der Waals surface area contributed by atoms with Crippen molar-refractivity contribution >= 4 is 29.3 Å². The Morgan fingerprint density at radius 2 is 1.66 bits per heavy atom. The number of carboxylic acid groups (broad SMARTS) is 1. The molecule has 8 rings (SSSR count). The van der Waals surface area contributed by atoms with E-state index in [2.05, 4.69) is 64.7 Å². The van der Waals surface area contributed by atoms with E-state index in [1.54, 1.807) is 0 Å². The summed E-state index contributed by atoms with van der Waals surface area (Å²) < 4.78 is 18.3. The zero-order chi connectivity index (χ0) is 44.6. The van der Waals surface area contributed by atoms with Gasteiger partial charge in [0, 0.05) is 54.0 Å². The summed E-state index contributed by atoms with van der Waals surface area (Å²) in [6.07, 6.45) is 10.4. The molecule has 62 heavy (non-hydrogen) atoms. The zero-order valence-electron chi connectivity index (χ0n) is 39.4. The minimum absolute atomic E-state index is 0.0850. The molecule has 7 aliphatic rings. The molecule has 10 atom stereocenters. The molecule has 1 saturated heterocycles. The van der Waals surface area contributed by atoms with Crippen LogP contribution in [0.15, 0.2) is 29.3 Å². The van der Waals surface area contributed by atoms with E-state index in [0.29, 0.717) is 54.6 Å². The number of ketones is 1. The van der Waals surface area contributed by atoms with Crippen LogP contribution >= 0.6 is 11.6 Å². The SMILES string of the molecule is CC(C)C1=C2[C@H]3CC[C@@H]4[C@@]5(C)CC[C@H](OC(=O)[C@H]6C[C@@H](C(=O)O)C6(C)C)C(C)(C)[C@@H]5CC[C@@]4(C)[C@]3(C)CC[C@@]2(CCNCc2ccc(Cl)cc2OCCN2CCOCC2)CC1=O. The number of carbonyl (C=O) groups is 3. The van der Waals surface area contributed by atoms with Crippen molar-refractivity contribution in [1.29, 1.82) is 0 Å². The van der Waals surface area contributed by atoms with Gasteiger partial charge in [-0.15, -0.1) is 0 Å². The Morgan fingerprint density at radius 3 is 2.35 bits per heavy atom. The largest absolute Gasteiger partial charge is 0.492 e. The van der Waals surface area contributed by atoms with Gasteiger partial charge >= 0.3 is 11.9 Å². The molecule has 1 aromatic carbocycles. The molecule has 6 fully saturated rings. The number of hydrogen-bond acceptors (Lipinski definition) is 8. The van der Waals surface area contributed by atoms with Crippen molar-refractivity contribution in [1.82, 2.24) is 10.2 Å². The first-order valence-electron chi connectivity index (χ1n) is 24.3. The third-order valence-electron chi connectivity index (χ3n) is 19.5. The van der Waals surface area contributed by atoms with Gasteiger partial charge < -0.3 is 24.6 Å². The number of ether oxygens (including phenoxy) is 3. The highest BCUT2D eigenvalue weighted by atomic mass is 35.5. The number of esters is 1. The molecule has 0 radical (unpaired) electrons. The lowest BCUT2D eigenvalue weighted by molar-refractivity contribution is -0.236. The van der Waals surface area contributed by atoms with E-state index < -0.39 is 17.3 Å². The summed E-state index contributed by atoms with van der Waals surface area (Å²) in [5.74, 6) is 0.896. The monoisotopic (exact) mass is 877 g/mol. The van der Waals surface area contributed by atoms with Crippen molar-refractivity contribution in [3.8, 4) is 5.75 Å². The van der Waals surface area contributed by atoms with E-state index in [1.807, 2.05) is 26.0 Å². The van der Waals surface area contributed by atoms with Gasteiger partial charge in [-0.2, -0.15) is 0 Å². The molecule has 0 amide bonds. The van der Waals surface area contributed by atoms with Gasteiger partial charge in [0.15, 0.2) is 5.78 Å². The number of carbonyl (C=O) groups excluding carboxylic acids is 2. The molecule has 2 N–H and O–H groups in total. The fourth-order valence-corrected chi connectivity index (χ4v) is 15.8. The average Bonchev–Trinajstić information content (AvgIpc) is 3.50. The van der Waals surface area contributed by atoms with Crippen molar-refractivity contribution in [3.05, 3.63) is 39.9 Å². The normalized spacial score (nSPS) is 38.7. The number of aliphatic carboxylic acids is 1. The average molecular weight is 878 g/mol. The van der Waals surface area contributed by atoms with E-state index in [-0.39, 0.29) is 51.0 Å². The molecule has 1 aromatic rings. The highest BCUT2D eigenvalue weighted by Gasteiger charge is 2.70. The molecule has 6 aliphatic carbocycles. The summed E-state index contributed by atoms with van der Waals surface area (Å²) in [6, 6.07) is 5.96. The number of benzene rings is 1. The summed E-state index contributed by atoms with van der Waals surface area (Å²) in [7, 11) is 0. The second-order valence-corrected chi connectivity index (χ2v) is 23.7. The summed E-state index contributed by atoms with van der Waals surface area (Å²) in [6.45, 7) is 27.2. The van der Waals surface area contributed by atoms with E-state index in [1.165, 1.54) is 12.0 Å². The topological polar surface area (TPSA) is 114 Å². The first-order chi connectivity index (χ1) is 29.2. The molecule has 9 nitrogen and oxygen atoms in total. The second-order valence-electron chi connectivity index (χ2n) is 23.2. The number of allylic oxidation sites excluding steroid dienone is 2. The number of hydrogen-bond donors (Lipinski definition) is 2. The van der Waals surface area contributed by atoms with Gasteiger partial charge in [-0.1, -0.05) is 85.6 Å². The standard InChI is InChI=1S/C52H77ClN2O7/c1-32(2)43-38(56)30-52(20-21-54-31-33-10-11-34(53)28-39(33)61-27-24-55-22-25-60-26-23-55)19-18-50(8)35(44(43)52)12-13-41-49(7)16-15-42(48(5,6)40(49)14-17-51(41,50)9)62-46(59)37-29-36(45(57)58)47(37,3)4/h10-11,28,32,35-37,40-42,54H,12-27,29-31H2,1-9H3,(H,57,58)/t35-,36+,37-,40+,41-,42+,49+,50-,51-,52-/m1/s1. The molecule has 0 aromatic heterocycles. The first-order valence-corrected chi connectivity index (χ1v) is 24.7. The van der Waals surface area contributed by atoms with Crippen molar-refractivity contribution in [2.75, 3.05) is 46.0 Å². The van der Waals surface area contributed by atoms with Crippen molar-refractivity contribution in [3.63, 3.8) is 0 Å². The number of morpholine rings is 1. The molecule has 0 unspecified atom stereocenters. The summed E-state index contributed by atoms with van der Waals surface area (Å²) in [5.41, 5.74) is 3.21. The number of halogens is 1. The van der Waals surface area contributed by atoms with Crippen LogP contribution in [0, 0.1) is 68.0 Å². The Hall–Kier alpha value is -2.46. The zero-order valence-corrected chi connectivity index (χ0v) is 40.2. The molecule has 344 valence electrons. The molecule has 1 heterocycles. The van der Waals surface area contributed by atoms with Gasteiger partial charge in [-0.3, -0.25) is 19.3 Å². The molecule has 1 aliphatic heterocycles. The third-order valence-corrected chi connectivity index (χ3v) is 19.8. The van der Waals surface area contributed by atoms with Crippen LogP contribution in [0.1, 0.15) is 139 Å². The Balaban J connectivity index is 0.963. The third kappa shape index (κ3) is 7.51. The van der Waals surface area contributed by atoms with Gasteiger partial charge in [0.1, 0.15) is 18.5 Å². The van der Waals surface area contributed by atoms with Gasteiger partial charge in [0.05, 0.1) is 25.0 Å². The molecule has 10 heteroatoms. The highest BCUT2D eigenvalue weighted by molar-refractivity contribution is 6.30. The fraction of sp³-hybridized carbons (Fsp3) is 0.788. The fourth-order valence-electron chi connectivity index (χ4n) is 15.7. The Bertz CT molecular complexity index is 1940. The quantitative estimate of drug-likeness (QED) is 0.148. The Labute approximate surface area is 377 Å². The number of nitrogens with zero attached hydrogens (tertiary/aromatic N) is 1. The molecule has 0 bridgehead atoms. The van der Waals surface area contributed by atoms with Crippen molar-refractivity contribution in [2.45, 2.75) is 146 Å². The van der Waals surface area contributed by atoms with Gasteiger partial charge in [-0.05, 0) is 134 Å². The van der Waals surface area contributed by atoms with Crippen LogP contribution in [0.25, 0.3) is 0 Å². The Morgan fingerprint density at radius 1 is 0.919 bits per heavy atom. The van der Waals surface area contributed by atoms with E-state index in [0.717, 1.165) is 108 Å². The van der Waals surface area contributed by atoms with Crippen LogP contribution in [0.4, 0.5) is 0 Å². The molecular weight excluding hydrogens is 800 g/mol. The van der Waals surface area contributed by atoms with Crippen LogP contribution in [0.5, 0.6) is 5.75 Å². The van der Waals surface area contributed by atoms with Crippen LogP contribution in [0.3, 0.4) is 0 Å². The summed E-state index contributed by atoms with van der Waals surface area (Å²) in [5, 5.41) is 14.2. The van der Waals surface area contributed by atoms with E-state index in [9.17, 15) is 19.5 Å². The number of fused-ring (bicyclic) bond motifs is 7. The summed E-state index contributed by atoms with van der Waals surface area (Å²) in [4.78, 5) is 42.2. The highest BCUT2D eigenvalue weighted by Crippen LogP contribution is 2.77. The maximum atomic E-state index is 14.3. The van der Waals surface area contributed by atoms with Gasteiger partial charge in [0.2, 0.25) is 0 Å². The van der Waals surface area contributed by atoms with E-state index >= 15 is 0 Å². The first kappa shape index (κ1) is 46.1. The molecule has 5 saturated carbocycles. The van der Waals surface area contributed by atoms with Crippen molar-refractivity contribution in [2.24, 2.45) is 68.0 Å². The minimum atomic E-state index is -0.820. The maximum Gasteiger partial charge on any atom is 0.309 e. The smallest absolute Gasteiger partial charge is 0.309 e. The number of rotatable bonds is 13. The predicted octanol–water partition coefficient (Wildman–Crippen LogP) is 10.2. The maximum absolute atomic E-state index is 14.3. The number of Topliss-reactive ketones (excluding diaryl/α,β-unsaturated/α-hetero) is 1. The lowest BCUT2D eigenvalue weighted by Gasteiger charge is -2.72. The van der Waals surface area contributed by atoms with Crippen LogP contribution in [0.2, 0.25) is 5.02 Å². The van der Waals surface area contributed by atoms with Gasteiger partial charge in [0.25, 0.3) is 0 Å². The second kappa shape index (κ2) is 16.8. The van der Waals surface area contributed by atoms with Crippen LogP contribution in [-0.4, -0.2) is 79.8 Å². The van der Waals surface area contributed by atoms with Crippen LogP contribution < -0.4 is 10.1 Å². The van der Waals surface area contributed by atoms with E-state index in [4.69, 9.17) is 25.8 Å².